The Kier molecular flexibility index (Phi) is 7.80. The van der Waals surface area contributed by atoms with Gasteiger partial charge in [0.05, 0.1) is 13.2 Å². The number of nitrogens with one attached hydrogen (secondary N) is 2. The number of amides is 3. The second-order valence-corrected chi connectivity index (χ2v) is 7.63. The molecule has 9 nitrogen and oxygen atoms in total. The number of carbonyl (C=O) groups is 2. The summed E-state index contributed by atoms with van der Waals surface area (Å²) >= 11 is 6.57. The van der Waals surface area contributed by atoms with Gasteiger partial charge in [-0.1, -0.05) is 17.7 Å². The number of carbonyl (C=O) groups excluding carboxylic acids is 2. The summed E-state index contributed by atoms with van der Waals surface area (Å²) in [4.78, 5) is 26.2. The number of rotatable bonds is 8. The summed E-state index contributed by atoms with van der Waals surface area (Å²) in [7, 11) is 0. The Hall–Kier alpha value is -2.47. The van der Waals surface area contributed by atoms with Crippen LogP contribution in [0.2, 0.25) is 5.02 Å². The van der Waals surface area contributed by atoms with Crippen LogP contribution in [0.1, 0.15) is 15.9 Å². The number of morpholine rings is 1. The summed E-state index contributed by atoms with van der Waals surface area (Å²) in [5, 5.41) is 5.68. The van der Waals surface area contributed by atoms with Gasteiger partial charge in [-0.2, -0.15) is 4.37 Å². The molecule has 0 atom stereocenters. The standard InChI is InChI=1S/C18H21ClFN5O4S/c19-12-2-1-11(13(20)9-12)10-29-16-14(15(21)26)17(30-24-16)23-18(27)22-3-4-25-5-7-28-8-6-25/h1-2,9H,3-8,10H2,(H2,21,26)(H2,22,23,27). The number of nitrogens with two attached hydrogens (primary N) is 1. The van der Waals surface area contributed by atoms with Crippen molar-refractivity contribution in [3.63, 3.8) is 0 Å². The van der Waals surface area contributed by atoms with Crippen molar-refractivity contribution >= 4 is 40.1 Å². The van der Waals surface area contributed by atoms with Crippen molar-refractivity contribution in [1.82, 2.24) is 14.6 Å². The van der Waals surface area contributed by atoms with Crippen LogP contribution in [0.4, 0.5) is 14.2 Å². The predicted octanol–water partition coefficient (Wildman–Crippen LogP) is 2.07. The fourth-order valence-corrected chi connectivity index (χ4v) is 3.66. The van der Waals surface area contributed by atoms with E-state index in [1.165, 1.54) is 12.1 Å². The molecule has 0 saturated carbocycles. The van der Waals surface area contributed by atoms with Crippen LogP contribution in [-0.4, -0.2) is 60.6 Å². The van der Waals surface area contributed by atoms with Gasteiger partial charge in [0.2, 0.25) is 5.88 Å². The van der Waals surface area contributed by atoms with Crippen molar-refractivity contribution in [1.29, 1.82) is 0 Å². The smallest absolute Gasteiger partial charge is 0.319 e. The second kappa shape index (κ2) is 10.5. The van der Waals surface area contributed by atoms with Gasteiger partial charge < -0.3 is 20.5 Å². The summed E-state index contributed by atoms with van der Waals surface area (Å²) in [6, 6.07) is 3.65. The molecule has 0 spiro atoms. The third kappa shape index (κ3) is 6.02. The highest BCUT2D eigenvalue weighted by Crippen LogP contribution is 2.31. The fourth-order valence-electron chi connectivity index (χ4n) is 2.76. The molecule has 0 radical (unpaired) electrons. The maximum atomic E-state index is 13.9. The molecule has 1 aliphatic rings. The minimum absolute atomic E-state index is 0.0716. The average molecular weight is 458 g/mol. The molecule has 0 unspecified atom stereocenters. The van der Waals surface area contributed by atoms with Crippen molar-refractivity contribution in [2.75, 3.05) is 44.7 Å². The van der Waals surface area contributed by atoms with Gasteiger partial charge in [0.25, 0.3) is 5.91 Å². The van der Waals surface area contributed by atoms with Gasteiger partial charge in [0, 0.05) is 36.8 Å². The zero-order valence-electron chi connectivity index (χ0n) is 16.0. The quantitative estimate of drug-likeness (QED) is 0.558. The van der Waals surface area contributed by atoms with E-state index in [0.717, 1.165) is 30.7 Å². The largest absolute Gasteiger partial charge is 0.471 e. The van der Waals surface area contributed by atoms with Gasteiger partial charge >= 0.3 is 6.03 Å². The summed E-state index contributed by atoms with van der Waals surface area (Å²) < 4.78 is 28.6. The number of hydrogen-bond acceptors (Lipinski definition) is 7. The third-order valence-electron chi connectivity index (χ3n) is 4.33. The number of primary amides is 1. The van der Waals surface area contributed by atoms with Gasteiger partial charge in [-0.15, -0.1) is 0 Å². The lowest BCUT2D eigenvalue weighted by atomic mass is 10.2. The molecule has 1 aromatic carbocycles. The van der Waals surface area contributed by atoms with E-state index in [0.29, 0.717) is 26.3 Å². The Morgan fingerprint density at radius 3 is 2.83 bits per heavy atom. The fraction of sp³-hybridized carbons (Fsp3) is 0.389. The minimum Gasteiger partial charge on any atom is -0.471 e. The highest BCUT2D eigenvalue weighted by molar-refractivity contribution is 7.11. The van der Waals surface area contributed by atoms with Crippen LogP contribution in [0.3, 0.4) is 0 Å². The highest BCUT2D eigenvalue weighted by atomic mass is 35.5. The molecule has 3 rings (SSSR count). The molecule has 30 heavy (non-hydrogen) atoms. The molecule has 4 N–H and O–H groups in total. The van der Waals surface area contributed by atoms with Crippen LogP contribution >= 0.6 is 23.1 Å². The molecule has 12 heteroatoms. The first kappa shape index (κ1) is 22.2. The molecule has 3 amide bonds. The highest BCUT2D eigenvalue weighted by Gasteiger charge is 2.22. The molecule has 162 valence electrons. The molecule has 1 aromatic heterocycles. The molecule has 1 aliphatic heterocycles. The van der Waals surface area contributed by atoms with Crippen LogP contribution in [0.25, 0.3) is 0 Å². The molecule has 1 saturated heterocycles. The molecule has 1 fully saturated rings. The normalized spacial score (nSPS) is 14.3. The van der Waals surface area contributed by atoms with Gasteiger partial charge in [0.1, 0.15) is 23.0 Å². The molecule has 2 heterocycles. The van der Waals surface area contributed by atoms with Crippen molar-refractivity contribution in [2.45, 2.75) is 6.61 Å². The first-order valence-corrected chi connectivity index (χ1v) is 10.3. The van der Waals surface area contributed by atoms with Crippen LogP contribution in [0.15, 0.2) is 18.2 Å². The summed E-state index contributed by atoms with van der Waals surface area (Å²) in [5.41, 5.74) is 5.58. The maximum Gasteiger partial charge on any atom is 0.319 e. The number of anilines is 1. The van der Waals surface area contributed by atoms with Crippen molar-refractivity contribution in [3.8, 4) is 5.88 Å². The Morgan fingerprint density at radius 2 is 2.13 bits per heavy atom. The molecule has 0 aliphatic carbocycles. The first-order chi connectivity index (χ1) is 14.4. The van der Waals surface area contributed by atoms with E-state index in [2.05, 4.69) is 19.9 Å². The lowest BCUT2D eigenvalue weighted by Crippen LogP contribution is -2.42. The summed E-state index contributed by atoms with van der Waals surface area (Å²) in [5.74, 6) is -1.44. The summed E-state index contributed by atoms with van der Waals surface area (Å²) in [6.45, 7) is 3.92. The van der Waals surface area contributed by atoms with E-state index < -0.39 is 17.8 Å². The van der Waals surface area contributed by atoms with Crippen LogP contribution < -0.4 is 21.1 Å². The van der Waals surface area contributed by atoms with E-state index in [1.807, 2.05) is 0 Å². The lowest BCUT2D eigenvalue weighted by molar-refractivity contribution is 0.0388. The number of nitrogens with zero attached hydrogens (tertiary/aromatic N) is 2. The number of aromatic nitrogens is 1. The SMILES string of the molecule is NC(=O)c1c(OCc2ccc(Cl)cc2F)nsc1NC(=O)NCCN1CCOCC1. The lowest BCUT2D eigenvalue weighted by Gasteiger charge is -2.26. The number of halogens is 2. The Morgan fingerprint density at radius 1 is 1.37 bits per heavy atom. The van der Waals surface area contributed by atoms with E-state index in [9.17, 15) is 14.0 Å². The predicted molar refractivity (Wildman–Crippen MR) is 111 cm³/mol. The third-order valence-corrected chi connectivity index (χ3v) is 5.31. The molecule has 0 bridgehead atoms. The first-order valence-electron chi connectivity index (χ1n) is 9.15. The average Bonchev–Trinajstić information content (AvgIpc) is 3.10. The zero-order chi connectivity index (χ0) is 21.5. The number of ether oxygens (including phenoxy) is 2. The van der Waals surface area contributed by atoms with E-state index in [4.69, 9.17) is 26.8 Å². The van der Waals surface area contributed by atoms with Crippen LogP contribution in [0.5, 0.6) is 5.88 Å². The Balaban J connectivity index is 1.56. The van der Waals surface area contributed by atoms with E-state index >= 15 is 0 Å². The minimum atomic E-state index is -0.820. The van der Waals surface area contributed by atoms with Crippen LogP contribution in [-0.2, 0) is 11.3 Å². The second-order valence-electron chi connectivity index (χ2n) is 6.42. The van der Waals surface area contributed by atoms with Gasteiger partial charge in [-0.05, 0) is 23.7 Å². The number of urea groups is 1. The van der Waals surface area contributed by atoms with Crippen LogP contribution in [0, 0.1) is 5.82 Å². The van der Waals surface area contributed by atoms with Crippen molar-refractivity contribution in [2.24, 2.45) is 5.73 Å². The zero-order valence-corrected chi connectivity index (χ0v) is 17.5. The topological polar surface area (TPSA) is 119 Å². The molecule has 2 aromatic rings. The van der Waals surface area contributed by atoms with Gasteiger partial charge in [-0.3, -0.25) is 15.0 Å². The monoisotopic (exact) mass is 457 g/mol. The van der Waals surface area contributed by atoms with Gasteiger partial charge in [0.15, 0.2) is 0 Å². The number of hydrogen-bond donors (Lipinski definition) is 3. The maximum absolute atomic E-state index is 13.9. The van der Waals surface area contributed by atoms with Crippen molar-refractivity contribution < 1.29 is 23.5 Å². The molecular weight excluding hydrogens is 437 g/mol. The van der Waals surface area contributed by atoms with Crippen molar-refractivity contribution in [3.05, 3.63) is 40.2 Å². The molecular formula is C18H21ClFN5O4S. The van der Waals surface area contributed by atoms with E-state index in [1.54, 1.807) is 0 Å². The summed E-state index contributed by atoms with van der Waals surface area (Å²) in [6.07, 6.45) is 0. The van der Waals surface area contributed by atoms with Gasteiger partial charge in [-0.25, -0.2) is 9.18 Å². The van der Waals surface area contributed by atoms with E-state index in [-0.39, 0.29) is 33.6 Å². The Labute approximate surface area is 181 Å². The number of benzene rings is 1. The Bertz CT molecular complexity index is 907.